The van der Waals surface area contributed by atoms with Gasteiger partial charge in [0.25, 0.3) is 0 Å². The average Bonchev–Trinajstić information content (AvgIpc) is 2.59. The fraction of sp³-hybridized carbons (Fsp3) is 0.286. The second-order valence-electron chi connectivity index (χ2n) is 3.50. The van der Waals surface area contributed by atoms with E-state index in [-0.39, 0.29) is 0 Å². The van der Waals surface area contributed by atoms with E-state index in [9.17, 15) is 0 Å². The SMILES string of the molecule is C=C/C=C\C(=C/CC)C1=CC(C)C=C1. The van der Waals surface area contributed by atoms with Gasteiger partial charge >= 0.3 is 0 Å². The molecule has 0 aliphatic heterocycles. The van der Waals surface area contributed by atoms with Crippen molar-refractivity contribution < 1.29 is 0 Å². The summed E-state index contributed by atoms with van der Waals surface area (Å²) in [6.07, 6.45) is 15.9. The highest BCUT2D eigenvalue weighted by Gasteiger charge is 2.06. The van der Waals surface area contributed by atoms with Crippen LogP contribution in [0.25, 0.3) is 0 Å². The van der Waals surface area contributed by atoms with Gasteiger partial charge in [0.2, 0.25) is 0 Å². The van der Waals surface area contributed by atoms with E-state index in [0.717, 1.165) is 6.42 Å². The van der Waals surface area contributed by atoms with Crippen molar-refractivity contribution in [3.63, 3.8) is 0 Å². The molecule has 74 valence electrons. The van der Waals surface area contributed by atoms with Crippen LogP contribution in [0.15, 0.2) is 60.3 Å². The van der Waals surface area contributed by atoms with Crippen molar-refractivity contribution in [2.75, 3.05) is 0 Å². The van der Waals surface area contributed by atoms with Crippen LogP contribution in [-0.2, 0) is 0 Å². The summed E-state index contributed by atoms with van der Waals surface area (Å²) in [4.78, 5) is 0. The topological polar surface area (TPSA) is 0 Å². The third-order valence-corrected chi connectivity index (χ3v) is 2.19. The zero-order chi connectivity index (χ0) is 10.4. The van der Waals surface area contributed by atoms with Crippen LogP contribution in [0, 0.1) is 5.92 Å². The van der Waals surface area contributed by atoms with E-state index in [1.807, 2.05) is 12.2 Å². The minimum Gasteiger partial charge on any atom is -0.0991 e. The summed E-state index contributed by atoms with van der Waals surface area (Å²) in [6.45, 7) is 8.04. The maximum Gasteiger partial charge on any atom is -0.00693 e. The molecule has 0 fully saturated rings. The first-order valence-electron chi connectivity index (χ1n) is 5.17. The predicted molar refractivity (Wildman–Crippen MR) is 64.1 cm³/mol. The van der Waals surface area contributed by atoms with E-state index in [0.29, 0.717) is 5.92 Å². The first kappa shape index (κ1) is 10.8. The molecule has 0 radical (unpaired) electrons. The molecule has 0 aromatic rings. The van der Waals surface area contributed by atoms with Gasteiger partial charge in [-0.3, -0.25) is 0 Å². The predicted octanol–water partition coefficient (Wildman–Crippen LogP) is 4.20. The second-order valence-corrected chi connectivity index (χ2v) is 3.50. The Kier molecular flexibility index (Phi) is 4.18. The zero-order valence-electron chi connectivity index (χ0n) is 9.03. The molecule has 0 aromatic carbocycles. The summed E-state index contributed by atoms with van der Waals surface area (Å²) < 4.78 is 0. The second kappa shape index (κ2) is 5.43. The molecule has 0 amide bonds. The highest BCUT2D eigenvalue weighted by molar-refractivity contribution is 5.50. The van der Waals surface area contributed by atoms with E-state index in [1.165, 1.54) is 11.1 Å². The number of allylic oxidation sites excluding steroid dienone is 9. The normalized spacial score (nSPS) is 21.7. The van der Waals surface area contributed by atoms with Gasteiger partial charge in [0, 0.05) is 0 Å². The minimum atomic E-state index is 0.572. The lowest BCUT2D eigenvalue weighted by atomic mass is 10.1. The molecule has 1 rings (SSSR count). The Balaban J connectivity index is 2.84. The van der Waals surface area contributed by atoms with Gasteiger partial charge in [-0.1, -0.05) is 63.0 Å². The van der Waals surface area contributed by atoms with Gasteiger partial charge in [0.15, 0.2) is 0 Å². The van der Waals surface area contributed by atoms with Crippen molar-refractivity contribution >= 4 is 0 Å². The maximum atomic E-state index is 3.68. The Bertz CT molecular complexity index is 311. The number of hydrogen-bond donors (Lipinski definition) is 0. The van der Waals surface area contributed by atoms with Crippen LogP contribution in [0.3, 0.4) is 0 Å². The van der Waals surface area contributed by atoms with Crippen molar-refractivity contribution in [3.05, 3.63) is 60.3 Å². The Labute approximate surface area is 87.0 Å². The summed E-state index contributed by atoms with van der Waals surface area (Å²) in [5, 5.41) is 0. The fourth-order valence-corrected chi connectivity index (χ4v) is 1.52. The molecule has 0 N–H and O–H groups in total. The van der Waals surface area contributed by atoms with Crippen LogP contribution in [0.5, 0.6) is 0 Å². The summed E-state index contributed by atoms with van der Waals surface area (Å²) in [5.41, 5.74) is 2.63. The molecule has 1 unspecified atom stereocenters. The monoisotopic (exact) mass is 186 g/mol. The molecule has 14 heavy (non-hydrogen) atoms. The maximum absolute atomic E-state index is 3.68. The molecule has 0 nitrogen and oxygen atoms in total. The van der Waals surface area contributed by atoms with Gasteiger partial charge in [0.1, 0.15) is 0 Å². The lowest BCUT2D eigenvalue weighted by Crippen LogP contribution is -1.82. The Morgan fingerprint density at radius 1 is 1.57 bits per heavy atom. The third kappa shape index (κ3) is 2.88. The molecule has 1 aliphatic carbocycles. The standard InChI is InChI=1S/C14H18/c1-4-6-8-13(7-5-2)14-10-9-12(3)11-14/h4,6-12H,1,5H2,2-3H3/b8-6-,13-7+. The highest BCUT2D eigenvalue weighted by Crippen LogP contribution is 2.23. The van der Waals surface area contributed by atoms with E-state index < -0.39 is 0 Å². The zero-order valence-corrected chi connectivity index (χ0v) is 9.03. The number of hydrogen-bond acceptors (Lipinski definition) is 0. The Morgan fingerprint density at radius 2 is 2.36 bits per heavy atom. The summed E-state index contributed by atoms with van der Waals surface area (Å²) in [7, 11) is 0. The van der Waals surface area contributed by atoms with Crippen molar-refractivity contribution in [2.45, 2.75) is 20.3 Å². The van der Waals surface area contributed by atoms with E-state index in [1.54, 1.807) is 0 Å². The highest BCUT2D eigenvalue weighted by atomic mass is 14.1. The Hall–Kier alpha value is -1.30. The molecule has 1 atom stereocenters. The van der Waals surface area contributed by atoms with E-state index in [4.69, 9.17) is 0 Å². The minimum absolute atomic E-state index is 0.572. The van der Waals surface area contributed by atoms with Crippen LogP contribution in [0.2, 0.25) is 0 Å². The Morgan fingerprint density at radius 3 is 2.86 bits per heavy atom. The van der Waals surface area contributed by atoms with E-state index in [2.05, 4.69) is 50.8 Å². The smallest absolute Gasteiger partial charge is 0.00693 e. The molecule has 0 saturated carbocycles. The molecule has 0 aromatic heterocycles. The van der Waals surface area contributed by atoms with Gasteiger partial charge in [0.05, 0.1) is 0 Å². The summed E-state index contributed by atoms with van der Waals surface area (Å²) in [5.74, 6) is 0.572. The average molecular weight is 186 g/mol. The first-order valence-corrected chi connectivity index (χ1v) is 5.17. The van der Waals surface area contributed by atoms with E-state index >= 15 is 0 Å². The first-order chi connectivity index (χ1) is 6.77. The van der Waals surface area contributed by atoms with Crippen LogP contribution >= 0.6 is 0 Å². The van der Waals surface area contributed by atoms with Gasteiger partial charge in [-0.2, -0.15) is 0 Å². The fourth-order valence-electron chi connectivity index (χ4n) is 1.52. The molecular formula is C14H18. The van der Waals surface area contributed by atoms with Crippen LogP contribution in [-0.4, -0.2) is 0 Å². The molecule has 0 bridgehead atoms. The van der Waals surface area contributed by atoms with Gasteiger partial charge < -0.3 is 0 Å². The van der Waals surface area contributed by atoms with Gasteiger partial charge in [-0.05, 0) is 23.5 Å². The van der Waals surface area contributed by atoms with Gasteiger partial charge in [-0.25, -0.2) is 0 Å². The quantitative estimate of drug-likeness (QED) is 0.577. The molecule has 0 spiro atoms. The van der Waals surface area contributed by atoms with Crippen LogP contribution < -0.4 is 0 Å². The molecule has 1 aliphatic rings. The van der Waals surface area contributed by atoms with Crippen molar-refractivity contribution in [3.8, 4) is 0 Å². The largest absolute Gasteiger partial charge is 0.0991 e. The lowest BCUT2D eigenvalue weighted by molar-refractivity contribution is 0.955. The molecule has 0 heterocycles. The number of rotatable bonds is 4. The molecular weight excluding hydrogens is 168 g/mol. The summed E-state index contributed by atoms with van der Waals surface area (Å²) >= 11 is 0. The van der Waals surface area contributed by atoms with Crippen LogP contribution in [0.4, 0.5) is 0 Å². The molecule has 0 saturated heterocycles. The van der Waals surface area contributed by atoms with Crippen molar-refractivity contribution in [1.29, 1.82) is 0 Å². The molecule has 0 heteroatoms. The van der Waals surface area contributed by atoms with Crippen molar-refractivity contribution in [2.24, 2.45) is 5.92 Å². The third-order valence-electron chi connectivity index (χ3n) is 2.19. The van der Waals surface area contributed by atoms with Gasteiger partial charge in [-0.15, -0.1) is 0 Å². The summed E-state index contributed by atoms with van der Waals surface area (Å²) in [6, 6.07) is 0. The lowest BCUT2D eigenvalue weighted by Gasteiger charge is -2.00. The van der Waals surface area contributed by atoms with Crippen molar-refractivity contribution in [1.82, 2.24) is 0 Å². The van der Waals surface area contributed by atoms with Crippen LogP contribution in [0.1, 0.15) is 20.3 Å².